The van der Waals surface area contributed by atoms with Crippen LogP contribution in [0.3, 0.4) is 0 Å². The van der Waals surface area contributed by atoms with Crippen molar-refractivity contribution in [3.8, 4) is 0 Å². The third-order valence-corrected chi connectivity index (χ3v) is 28.2. The molecule has 5 amide bonds. The van der Waals surface area contributed by atoms with Gasteiger partial charge in [0.25, 0.3) is 11.8 Å². The maximum absolute atomic E-state index is 13.2. The van der Waals surface area contributed by atoms with Gasteiger partial charge >= 0.3 is 0 Å². The predicted molar refractivity (Wildman–Crippen MR) is 514 cm³/mol. The molecular formula is C99H93N17O10S6. The van der Waals surface area contributed by atoms with E-state index in [1.54, 1.807) is 28.4 Å². The Morgan fingerprint density at radius 2 is 0.720 bits per heavy atom. The number of aromatic nitrogens is 12. The average molecular weight is 1870 g/mol. The van der Waals surface area contributed by atoms with E-state index >= 15 is 0 Å². The largest absolute Gasteiger partial charge is 0.469 e. The fraction of sp³-hybridized carbons (Fsp3) is 0.273. The van der Waals surface area contributed by atoms with Crippen molar-refractivity contribution in [1.82, 2.24) is 61.2 Å². The lowest BCUT2D eigenvalue weighted by molar-refractivity contribution is -0.120. The zero-order chi connectivity index (χ0) is 91.1. The molecule has 3 N–H and O–H groups in total. The second-order valence-electron chi connectivity index (χ2n) is 32.1. The topological polar surface area (TPSA) is 360 Å². The lowest BCUT2D eigenvalue weighted by atomic mass is 9.95. The van der Waals surface area contributed by atoms with Crippen molar-refractivity contribution in [3.05, 3.63) is 320 Å². The summed E-state index contributed by atoms with van der Waals surface area (Å²) in [6.07, 6.45) is 16.8. The summed E-state index contributed by atoms with van der Waals surface area (Å²) in [5.41, 5.74) is 8.89. The molecule has 670 valence electrons. The number of hydrogen-bond acceptors (Lipinski definition) is 28. The molecule has 2 atom stereocenters. The van der Waals surface area contributed by atoms with Crippen molar-refractivity contribution in [3.63, 3.8) is 0 Å². The van der Waals surface area contributed by atoms with Crippen molar-refractivity contribution >= 4 is 163 Å². The van der Waals surface area contributed by atoms with E-state index < -0.39 is 5.92 Å². The molecule has 33 heteroatoms. The first kappa shape index (κ1) is 91.9. The Bertz CT molecular complexity index is 6280. The number of Topliss-reactive ketones (excluding diaryl/α,β-unsaturated/α-hetero) is 3. The van der Waals surface area contributed by atoms with E-state index in [0.717, 1.165) is 206 Å². The number of aryl methyl sites for hydroxylation is 8. The van der Waals surface area contributed by atoms with Gasteiger partial charge < -0.3 is 34.6 Å². The van der Waals surface area contributed by atoms with Gasteiger partial charge in [0.2, 0.25) is 33.1 Å². The minimum atomic E-state index is -0.420. The molecule has 0 radical (unpaired) electrons. The summed E-state index contributed by atoms with van der Waals surface area (Å²) in [6.45, 7) is 4.83. The average Bonchev–Trinajstić information content (AvgIpc) is 1.40. The first-order valence-corrected chi connectivity index (χ1v) is 48.7. The summed E-state index contributed by atoms with van der Waals surface area (Å²) in [6, 6.07) is 66.2. The Balaban J connectivity index is 0.000000149. The third-order valence-electron chi connectivity index (χ3n) is 22.6. The molecule has 0 spiro atoms. The van der Waals surface area contributed by atoms with Crippen LogP contribution in [0.25, 0.3) is 21.5 Å². The number of benzene rings is 8. The number of amides is 5. The number of rotatable bonds is 40. The van der Waals surface area contributed by atoms with Gasteiger partial charge in [-0.25, -0.2) is 0 Å². The van der Waals surface area contributed by atoms with Gasteiger partial charge in [-0.05, 0) is 161 Å². The maximum atomic E-state index is 13.2. The van der Waals surface area contributed by atoms with Gasteiger partial charge in [0.15, 0.2) is 0 Å². The summed E-state index contributed by atoms with van der Waals surface area (Å²) in [7, 11) is 0. The molecule has 27 nitrogen and oxygen atoms in total. The second-order valence-corrected chi connectivity index (χ2v) is 38.7. The Kier molecular flexibility index (Phi) is 31.3. The molecule has 16 aromatic rings. The van der Waals surface area contributed by atoms with Gasteiger partial charge in [-0.15, -0.1) is 95.2 Å². The highest BCUT2D eigenvalue weighted by Gasteiger charge is 2.31. The summed E-state index contributed by atoms with van der Waals surface area (Å²) in [4.78, 5) is 105. The van der Waals surface area contributed by atoms with Gasteiger partial charge in [0, 0.05) is 99.0 Å². The standard InChI is InChI=1S/C43H39N7O4S2.C33H29N5O2S2.C23H25N5O4S2/c1-26(28-15-19-32(20-16-28)49-24-30-9-3-5-11-34(30)41(49)53)36(51)23-39-47-45-37(55-39)13-7-8-14-38-46-48-43(56-38)44-40(52)27(2)29-17-21-33(22-18-29)50-25-31-10-4-6-12-35(31)42(50)54;39-26(19-24-13-7-11-22-9-1-3-15-27(22)24)21-32-37-35-30(41-32)17-5-6-18-31-36-38-33(42-31)34-29(40)20-25-14-8-12-23-10-2-4-16-28(23)25;29-16(9-10-17-5-3-13-31-17)15-22-27-25-20(33-22)7-1-2-8-21-26-28-23(34-21)24-19(30)12-11-18-6-4-14-32-18/h3-6,9-12,15-22,26-27H,7-8,13-14,23-25H2,1-2H3,(H,44,48,52);1-4,7-16H,5-6,17-21H2,(H,34,38,40);3-6,13-14H,1-2,7-12,15H2,(H,24,28,30). The first-order valence-electron chi connectivity index (χ1n) is 43.8. The van der Waals surface area contributed by atoms with Crippen molar-refractivity contribution < 1.29 is 47.2 Å². The number of unbranched alkanes of at least 4 members (excludes halogenated alkanes) is 3. The molecule has 132 heavy (non-hydrogen) atoms. The number of nitrogens with zero attached hydrogens (tertiary/aromatic N) is 14. The molecule has 8 aromatic carbocycles. The summed E-state index contributed by atoms with van der Waals surface area (Å²) in [5.74, 6) is 0.822. The van der Waals surface area contributed by atoms with Crippen molar-refractivity contribution in [2.24, 2.45) is 0 Å². The highest BCUT2D eigenvalue weighted by Crippen LogP contribution is 2.35. The molecule has 2 aliphatic rings. The zero-order valence-corrected chi connectivity index (χ0v) is 77.4. The monoisotopic (exact) mass is 1870 g/mol. The van der Waals surface area contributed by atoms with Crippen molar-refractivity contribution in [2.75, 3.05) is 25.8 Å². The molecular weight excluding hydrogens is 1780 g/mol. The van der Waals surface area contributed by atoms with Crippen molar-refractivity contribution in [2.45, 2.75) is 174 Å². The molecule has 0 saturated carbocycles. The summed E-state index contributed by atoms with van der Waals surface area (Å²) >= 11 is 8.68. The Morgan fingerprint density at radius 1 is 0.341 bits per heavy atom. The third kappa shape index (κ3) is 25.0. The van der Waals surface area contributed by atoms with E-state index in [0.29, 0.717) is 78.4 Å². The van der Waals surface area contributed by atoms with Crippen LogP contribution >= 0.6 is 68.0 Å². The van der Waals surface area contributed by atoms with Crippen molar-refractivity contribution in [1.29, 1.82) is 0 Å². The van der Waals surface area contributed by atoms with Crippen LogP contribution in [-0.4, -0.2) is 108 Å². The number of anilines is 5. The van der Waals surface area contributed by atoms with E-state index in [1.807, 2.05) is 196 Å². The van der Waals surface area contributed by atoms with E-state index in [2.05, 4.69) is 95.3 Å². The summed E-state index contributed by atoms with van der Waals surface area (Å²) in [5, 5.41) is 72.9. The zero-order valence-electron chi connectivity index (χ0n) is 72.5. The Hall–Kier alpha value is -13.4. The minimum absolute atomic E-state index is 0.00408. The Morgan fingerprint density at radius 3 is 1.18 bits per heavy atom. The smallest absolute Gasteiger partial charge is 0.258 e. The van der Waals surface area contributed by atoms with Crippen LogP contribution in [0.1, 0.15) is 188 Å². The van der Waals surface area contributed by atoms with Crippen LogP contribution in [0.5, 0.6) is 0 Å². The molecule has 18 rings (SSSR count). The molecule has 2 aliphatic heterocycles. The number of nitrogens with one attached hydrogen (secondary N) is 3. The lowest BCUT2D eigenvalue weighted by Gasteiger charge is -2.17. The fourth-order valence-electron chi connectivity index (χ4n) is 15.4. The van der Waals surface area contributed by atoms with Crippen LogP contribution in [0, 0.1) is 0 Å². The van der Waals surface area contributed by atoms with E-state index in [9.17, 15) is 38.4 Å². The van der Waals surface area contributed by atoms with Gasteiger partial charge in [-0.1, -0.05) is 187 Å². The highest BCUT2D eigenvalue weighted by molar-refractivity contribution is 7.16. The number of carbonyl (C=O) groups is 8. The van der Waals surface area contributed by atoms with Crippen LogP contribution in [0.15, 0.2) is 228 Å². The lowest BCUT2D eigenvalue weighted by Crippen LogP contribution is -2.23. The van der Waals surface area contributed by atoms with E-state index in [4.69, 9.17) is 8.83 Å². The van der Waals surface area contributed by atoms with E-state index in [1.165, 1.54) is 68.0 Å². The van der Waals surface area contributed by atoms with Gasteiger partial charge in [0.05, 0.1) is 57.2 Å². The van der Waals surface area contributed by atoms with E-state index in [-0.39, 0.29) is 65.6 Å². The molecule has 0 aliphatic carbocycles. The quantitative estimate of drug-likeness (QED) is 0.0300. The molecule has 2 unspecified atom stereocenters. The van der Waals surface area contributed by atoms with Crippen LogP contribution in [0.4, 0.5) is 26.8 Å². The van der Waals surface area contributed by atoms with Gasteiger partial charge in [-0.3, -0.25) is 38.4 Å². The molecule has 0 fully saturated rings. The van der Waals surface area contributed by atoms with Crippen LogP contribution in [-0.2, 0) is 125 Å². The van der Waals surface area contributed by atoms with Gasteiger partial charge in [-0.2, -0.15) is 0 Å². The van der Waals surface area contributed by atoms with Crippen LogP contribution in [0.2, 0.25) is 0 Å². The molecule has 0 saturated heterocycles. The number of hydrogen-bond donors (Lipinski definition) is 3. The minimum Gasteiger partial charge on any atom is -0.469 e. The number of fused-ring (bicyclic) bond motifs is 4. The maximum Gasteiger partial charge on any atom is 0.258 e. The van der Waals surface area contributed by atoms with Gasteiger partial charge in [0.1, 0.15) is 73.9 Å². The number of ketones is 3. The SMILES string of the molecule is CC(C(=O)Cc1nnc(CCCCc2nnc(NC(=O)C(C)c3ccc(N4Cc5ccccc5C4=O)cc3)s2)s1)c1ccc(N2Cc3ccccc3C2=O)cc1.O=C(CCc1ccco1)Cc1nnc(CCCCc2nnc(NC(=O)CCc3ccco3)s2)s1.O=C(Cc1nnc(CCCCc2nnc(NC(=O)Cc3cccc4ccccc34)s2)s1)Cc1cccc2ccccc12. The highest BCUT2D eigenvalue weighted by atomic mass is 32.1. The predicted octanol–water partition coefficient (Wildman–Crippen LogP) is 19.2. The second kappa shape index (κ2) is 44.9. The fourth-order valence-corrected chi connectivity index (χ4v) is 20.5. The van der Waals surface area contributed by atoms with Crippen LogP contribution < -0.4 is 25.8 Å². The normalized spacial score (nSPS) is 12.6. The molecule has 0 bridgehead atoms. The number of furan rings is 2. The Labute approximate surface area is 785 Å². The first-order chi connectivity index (χ1) is 64.5. The summed E-state index contributed by atoms with van der Waals surface area (Å²) < 4.78 is 10.5. The molecule has 10 heterocycles. The molecule has 8 aromatic heterocycles. The number of carbonyl (C=O) groups excluding carboxylic acids is 8.